The van der Waals surface area contributed by atoms with Gasteiger partial charge in [0.15, 0.2) is 0 Å². The molecular weight excluding hydrogens is 329 g/mol. The first-order chi connectivity index (χ1) is 9.67. The molecule has 2 atom stereocenters. The number of aromatic nitrogens is 2. The summed E-state index contributed by atoms with van der Waals surface area (Å²) in [5.74, 6) is 0.648. The van der Waals surface area contributed by atoms with E-state index in [4.69, 9.17) is 9.26 Å². The van der Waals surface area contributed by atoms with E-state index >= 15 is 0 Å². The van der Waals surface area contributed by atoms with Crippen molar-refractivity contribution in [2.75, 3.05) is 13.7 Å². The summed E-state index contributed by atoms with van der Waals surface area (Å²) < 4.78 is 24.2. The van der Waals surface area contributed by atoms with E-state index in [0.717, 1.165) is 13.0 Å². The van der Waals surface area contributed by atoms with E-state index in [0.29, 0.717) is 21.8 Å². The molecule has 7 heteroatoms. The average Bonchev–Trinajstić information content (AvgIpc) is 3.07. The average molecular weight is 342 g/mol. The summed E-state index contributed by atoms with van der Waals surface area (Å²) in [5, 5.41) is 7.22. The second-order valence-electron chi connectivity index (χ2n) is 4.63. The lowest BCUT2D eigenvalue weighted by Crippen LogP contribution is -2.16. The van der Waals surface area contributed by atoms with Crippen molar-refractivity contribution in [3.63, 3.8) is 0 Å². The van der Waals surface area contributed by atoms with Crippen LogP contribution >= 0.6 is 15.9 Å². The van der Waals surface area contributed by atoms with Crippen molar-refractivity contribution in [2.45, 2.75) is 18.6 Å². The maximum Gasteiger partial charge on any atom is 0.244 e. The van der Waals surface area contributed by atoms with Gasteiger partial charge in [0.25, 0.3) is 0 Å². The van der Waals surface area contributed by atoms with Crippen molar-refractivity contribution < 1.29 is 13.7 Å². The normalized spacial score (nSPS) is 22.4. The van der Waals surface area contributed by atoms with E-state index in [1.165, 1.54) is 12.1 Å². The van der Waals surface area contributed by atoms with Crippen LogP contribution in [0.3, 0.4) is 0 Å². The minimum Gasteiger partial charge on any atom is -0.380 e. The van der Waals surface area contributed by atoms with Crippen LogP contribution in [-0.2, 0) is 4.74 Å². The predicted octanol–water partition coefficient (Wildman–Crippen LogP) is 2.69. The number of hydrogen-bond donors (Lipinski definition) is 1. The molecular formula is C13H13BrFN3O2. The van der Waals surface area contributed by atoms with Crippen LogP contribution in [0.25, 0.3) is 11.4 Å². The number of ether oxygens (including phenoxy) is 1. The fraction of sp³-hybridized carbons (Fsp3) is 0.385. The molecule has 0 spiro atoms. The zero-order valence-corrected chi connectivity index (χ0v) is 12.4. The van der Waals surface area contributed by atoms with Crippen LogP contribution in [0.5, 0.6) is 0 Å². The van der Waals surface area contributed by atoms with Gasteiger partial charge < -0.3 is 14.6 Å². The number of benzene rings is 1. The SMILES string of the molecule is COC1CNC(c2nc(-c3ccc(F)cc3Br)no2)C1. The van der Waals surface area contributed by atoms with E-state index in [1.807, 2.05) is 0 Å². The molecule has 1 N–H and O–H groups in total. The molecule has 5 nitrogen and oxygen atoms in total. The molecule has 2 unspecified atom stereocenters. The van der Waals surface area contributed by atoms with Crippen molar-refractivity contribution in [3.8, 4) is 11.4 Å². The summed E-state index contributed by atoms with van der Waals surface area (Å²) in [6.45, 7) is 0.763. The predicted molar refractivity (Wildman–Crippen MR) is 73.5 cm³/mol. The van der Waals surface area contributed by atoms with Crippen molar-refractivity contribution in [1.29, 1.82) is 0 Å². The first-order valence-electron chi connectivity index (χ1n) is 6.22. The first kappa shape index (κ1) is 13.7. The monoisotopic (exact) mass is 341 g/mol. The van der Waals surface area contributed by atoms with Crippen LogP contribution < -0.4 is 5.32 Å². The van der Waals surface area contributed by atoms with Crippen LogP contribution in [0.2, 0.25) is 0 Å². The highest BCUT2D eigenvalue weighted by atomic mass is 79.9. The zero-order valence-electron chi connectivity index (χ0n) is 10.8. The molecule has 2 heterocycles. The number of rotatable bonds is 3. The first-order valence-corrected chi connectivity index (χ1v) is 7.02. The molecule has 2 aromatic rings. The maximum atomic E-state index is 13.1. The van der Waals surface area contributed by atoms with E-state index < -0.39 is 0 Å². The van der Waals surface area contributed by atoms with Gasteiger partial charge in [-0.2, -0.15) is 4.98 Å². The van der Waals surface area contributed by atoms with Crippen LogP contribution in [0.4, 0.5) is 4.39 Å². The third-order valence-corrected chi connectivity index (χ3v) is 3.99. The Labute approximate surface area is 123 Å². The van der Waals surface area contributed by atoms with Gasteiger partial charge in [-0.25, -0.2) is 4.39 Å². The van der Waals surface area contributed by atoms with Crippen LogP contribution in [-0.4, -0.2) is 29.9 Å². The molecule has 0 amide bonds. The fourth-order valence-corrected chi connectivity index (χ4v) is 2.76. The molecule has 0 saturated carbocycles. The van der Waals surface area contributed by atoms with E-state index in [2.05, 4.69) is 31.4 Å². The molecule has 20 heavy (non-hydrogen) atoms. The molecule has 1 saturated heterocycles. The highest BCUT2D eigenvalue weighted by Crippen LogP contribution is 2.29. The Bertz CT molecular complexity index is 619. The summed E-state index contributed by atoms with van der Waals surface area (Å²) >= 11 is 3.30. The maximum absolute atomic E-state index is 13.1. The third-order valence-electron chi connectivity index (χ3n) is 3.34. The van der Waals surface area contributed by atoms with Crippen LogP contribution in [0.1, 0.15) is 18.4 Å². The molecule has 3 rings (SSSR count). The second kappa shape index (κ2) is 5.59. The van der Waals surface area contributed by atoms with Gasteiger partial charge in [-0.3, -0.25) is 0 Å². The lowest BCUT2D eigenvalue weighted by Gasteiger charge is -2.04. The van der Waals surface area contributed by atoms with E-state index in [9.17, 15) is 4.39 Å². The highest BCUT2D eigenvalue weighted by Gasteiger charge is 2.29. The highest BCUT2D eigenvalue weighted by molar-refractivity contribution is 9.10. The molecule has 1 aliphatic rings. The number of hydrogen-bond acceptors (Lipinski definition) is 5. The largest absolute Gasteiger partial charge is 0.380 e. The van der Waals surface area contributed by atoms with Crippen molar-refractivity contribution in [2.24, 2.45) is 0 Å². The van der Waals surface area contributed by atoms with Gasteiger partial charge in [-0.05, 0) is 40.5 Å². The number of halogens is 2. The lowest BCUT2D eigenvalue weighted by atomic mass is 10.2. The van der Waals surface area contributed by atoms with Gasteiger partial charge in [0.05, 0.1) is 12.1 Å². The Morgan fingerprint density at radius 2 is 2.35 bits per heavy atom. The molecule has 1 aromatic heterocycles. The Morgan fingerprint density at radius 1 is 1.50 bits per heavy atom. The lowest BCUT2D eigenvalue weighted by molar-refractivity contribution is 0.116. The standard InChI is InChI=1S/C13H13BrFN3O2/c1-19-8-5-11(16-6-8)13-17-12(18-20-13)9-3-2-7(15)4-10(9)14/h2-4,8,11,16H,5-6H2,1H3. The summed E-state index contributed by atoms with van der Waals surface area (Å²) in [4.78, 5) is 4.37. The molecule has 0 aliphatic carbocycles. The van der Waals surface area contributed by atoms with Crippen molar-refractivity contribution >= 4 is 15.9 Å². The number of nitrogens with one attached hydrogen (secondary N) is 1. The summed E-state index contributed by atoms with van der Waals surface area (Å²) in [7, 11) is 1.68. The quantitative estimate of drug-likeness (QED) is 0.929. The Hall–Kier alpha value is -1.31. The van der Waals surface area contributed by atoms with E-state index in [-0.39, 0.29) is 18.0 Å². The second-order valence-corrected chi connectivity index (χ2v) is 5.49. The fourth-order valence-electron chi connectivity index (χ4n) is 2.23. The molecule has 1 fully saturated rings. The van der Waals surface area contributed by atoms with Gasteiger partial charge in [-0.15, -0.1) is 0 Å². The van der Waals surface area contributed by atoms with Gasteiger partial charge in [0, 0.05) is 23.7 Å². The van der Waals surface area contributed by atoms with Gasteiger partial charge >= 0.3 is 0 Å². The van der Waals surface area contributed by atoms with Crippen LogP contribution in [0, 0.1) is 5.82 Å². The molecule has 1 aromatic carbocycles. The minimum absolute atomic E-state index is 0.000392. The minimum atomic E-state index is -0.315. The Balaban J connectivity index is 1.83. The van der Waals surface area contributed by atoms with Crippen molar-refractivity contribution in [3.05, 3.63) is 34.4 Å². The third kappa shape index (κ3) is 2.61. The van der Waals surface area contributed by atoms with Crippen molar-refractivity contribution in [1.82, 2.24) is 15.5 Å². The topological polar surface area (TPSA) is 60.2 Å². The Morgan fingerprint density at radius 3 is 3.05 bits per heavy atom. The Kier molecular flexibility index (Phi) is 3.82. The van der Waals surface area contributed by atoms with Gasteiger partial charge in [0.1, 0.15) is 5.82 Å². The molecule has 0 bridgehead atoms. The molecule has 106 valence electrons. The van der Waals surface area contributed by atoms with Gasteiger partial charge in [-0.1, -0.05) is 5.16 Å². The smallest absolute Gasteiger partial charge is 0.244 e. The van der Waals surface area contributed by atoms with Gasteiger partial charge in [0.2, 0.25) is 11.7 Å². The number of methoxy groups -OCH3 is 1. The zero-order chi connectivity index (χ0) is 14.1. The van der Waals surface area contributed by atoms with Crippen LogP contribution in [0.15, 0.2) is 27.2 Å². The number of nitrogens with zero attached hydrogens (tertiary/aromatic N) is 2. The molecule has 1 aliphatic heterocycles. The molecule has 0 radical (unpaired) electrons. The summed E-state index contributed by atoms with van der Waals surface area (Å²) in [5.41, 5.74) is 0.697. The van der Waals surface area contributed by atoms with E-state index in [1.54, 1.807) is 13.2 Å². The summed E-state index contributed by atoms with van der Waals surface area (Å²) in [6.07, 6.45) is 0.954. The summed E-state index contributed by atoms with van der Waals surface area (Å²) in [6, 6.07) is 4.36.